The Morgan fingerprint density at radius 2 is 2.17 bits per heavy atom. The zero-order chi connectivity index (χ0) is 8.81. The van der Waals surface area contributed by atoms with Gasteiger partial charge in [0.05, 0.1) is 18.6 Å². The first-order valence-electron chi connectivity index (χ1n) is 4.08. The van der Waals surface area contributed by atoms with Gasteiger partial charge in [-0.05, 0) is 32.1 Å². The Labute approximate surface area is 72.8 Å². The summed E-state index contributed by atoms with van der Waals surface area (Å²) < 4.78 is 9.85. The molecule has 1 aliphatic heterocycles. The van der Waals surface area contributed by atoms with Gasteiger partial charge in [-0.25, -0.2) is 0 Å². The molecule has 0 spiro atoms. The van der Waals surface area contributed by atoms with E-state index in [4.69, 9.17) is 9.15 Å². The smallest absolute Gasteiger partial charge is 0.100 e. The molecule has 1 aromatic heterocycles. The van der Waals surface area contributed by atoms with Crippen LogP contribution in [0, 0.1) is 6.92 Å². The maximum absolute atomic E-state index is 5.01. The second-order valence-corrected chi connectivity index (χ2v) is 2.68. The van der Waals surface area contributed by atoms with Crippen molar-refractivity contribution in [2.45, 2.75) is 20.3 Å². The fourth-order valence-electron chi connectivity index (χ4n) is 0.902. The van der Waals surface area contributed by atoms with Gasteiger partial charge in [0.2, 0.25) is 0 Å². The monoisotopic (exact) mass is 166 g/mol. The van der Waals surface area contributed by atoms with Crippen LogP contribution in [0.5, 0.6) is 0 Å². The van der Waals surface area contributed by atoms with Gasteiger partial charge in [-0.15, -0.1) is 0 Å². The Balaban J connectivity index is 0.000000120. The summed E-state index contributed by atoms with van der Waals surface area (Å²) in [5.41, 5.74) is 0. The third kappa shape index (κ3) is 3.28. The minimum Gasteiger partial charge on any atom is -0.498 e. The van der Waals surface area contributed by atoms with Crippen LogP contribution >= 0.6 is 0 Å². The lowest BCUT2D eigenvalue weighted by Gasteiger charge is -1.89. The van der Waals surface area contributed by atoms with Crippen LogP contribution < -0.4 is 0 Å². The van der Waals surface area contributed by atoms with Gasteiger partial charge in [-0.1, -0.05) is 0 Å². The molecule has 2 rings (SSSR count). The van der Waals surface area contributed by atoms with Gasteiger partial charge in [-0.3, -0.25) is 0 Å². The molecule has 0 radical (unpaired) electrons. The van der Waals surface area contributed by atoms with Crippen molar-refractivity contribution in [1.82, 2.24) is 0 Å². The minimum absolute atomic E-state index is 0.895. The minimum atomic E-state index is 0.895. The molecule has 0 atom stereocenters. The van der Waals surface area contributed by atoms with Crippen LogP contribution in [0.4, 0.5) is 0 Å². The molecule has 0 aromatic carbocycles. The number of ether oxygens (including phenoxy) is 1. The van der Waals surface area contributed by atoms with Crippen LogP contribution in [0.2, 0.25) is 0 Å². The van der Waals surface area contributed by atoms with Crippen molar-refractivity contribution in [1.29, 1.82) is 0 Å². The van der Waals surface area contributed by atoms with Gasteiger partial charge in [0.15, 0.2) is 0 Å². The van der Waals surface area contributed by atoms with E-state index in [2.05, 4.69) is 6.08 Å². The van der Waals surface area contributed by atoms with Crippen molar-refractivity contribution in [3.05, 3.63) is 36.0 Å². The largest absolute Gasteiger partial charge is 0.498 e. The molecular formula is C10H14O2. The van der Waals surface area contributed by atoms with E-state index in [0.717, 1.165) is 24.5 Å². The number of furan rings is 1. The number of allylic oxidation sites excluding steroid dienone is 1. The number of rotatable bonds is 0. The second-order valence-electron chi connectivity index (χ2n) is 2.68. The molecule has 0 fully saturated rings. The highest BCUT2D eigenvalue weighted by Crippen LogP contribution is 2.05. The molecule has 2 heterocycles. The van der Waals surface area contributed by atoms with Crippen molar-refractivity contribution in [2.24, 2.45) is 0 Å². The van der Waals surface area contributed by atoms with Crippen LogP contribution in [-0.2, 0) is 4.74 Å². The first kappa shape index (κ1) is 8.91. The summed E-state index contributed by atoms with van der Waals surface area (Å²) in [7, 11) is 0. The van der Waals surface area contributed by atoms with Crippen molar-refractivity contribution < 1.29 is 9.15 Å². The van der Waals surface area contributed by atoms with E-state index in [-0.39, 0.29) is 0 Å². The first-order chi connectivity index (χ1) is 5.79. The predicted octanol–water partition coefficient (Wildman–Crippen LogP) is 2.90. The van der Waals surface area contributed by atoms with Crippen LogP contribution in [0.1, 0.15) is 19.1 Å². The zero-order valence-corrected chi connectivity index (χ0v) is 7.54. The van der Waals surface area contributed by atoms with E-state index in [1.165, 1.54) is 0 Å². The fraction of sp³-hybridized carbons (Fsp3) is 0.400. The average molecular weight is 166 g/mol. The van der Waals surface area contributed by atoms with Crippen LogP contribution in [-0.4, -0.2) is 6.61 Å². The Morgan fingerprint density at radius 3 is 2.33 bits per heavy atom. The molecule has 2 nitrogen and oxygen atoms in total. The summed E-state index contributed by atoms with van der Waals surface area (Å²) >= 11 is 0. The third-order valence-corrected chi connectivity index (χ3v) is 1.54. The van der Waals surface area contributed by atoms with E-state index in [9.17, 15) is 0 Å². The summed E-state index contributed by atoms with van der Waals surface area (Å²) in [6.07, 6.45) is 4.86. The molecule has 0 unspecified atom stereocenters. The molecular weight excluding hydrogens is 152 g/mol. The maximum Gasteiger partial charge on any atom is 0.100 e. The van der Waals surface area contributed by atoms with E-state index in [1.54, 1.807) is 6.26 Å². The highest BCUT2D eigenvalue weighted by Gasteiger charge is 1.94. The number of hydrogen-bond donors (Lipinski definition) is 0. The molecule has 0 saturated carbocycles. The lowest BCUT2D eigenvalue weighted by atomic mass is 10.4. The first-order valence-corrected chi connectivity index (χ1v) is 4.08. The summed E-state index contributed by atoms with van der Waals surface area (Å²) in [5, 5.41) is 0. The van der Waals surface area contributed by atoms with E-state index in [0.29, 0.717) is 0 Å². The molecule has 0 bridgehead atoms. The molecule has 1 aliphatic rings. The summed E-state index contributed by atoms with van der Waals surface area (Å²) in [4.78, 5) is 0. The van der Waals surface area contributed by atoms with Crippen LogP contribution in [0.3, 0.4) is 0 Å². The van der Waals surface area contributed by atoms with E-state index >= 15 is 0 Å². The van der Waals surface area contributed by atoms with Crippen molar-refractivity contribution in [3.63, 3.8) is 0 Å². The SMILES string of the molecule is CC1=CCCO1.Cc1ccco1. The van der Waals surface area contributed by atoms with Gasteiger partial charge >= 0.3 is 0 Å². The molecule has 66 valence electrons. The van der Waals surface area contributed by atoms with E-state index in [1.807, 2.05) is 26.0 Å². The highest BCUT2D eigenvalue weighted by molar-refractivity contribution is 4.93. The zero-order valence-electron chi connectivity index (χ0n) is 7.54. The average Bonchev–Trinajstić information content (AvgIpc) is 2.63. The maximum atomic E-state index is 5.01. The summed E-state index contributed by atoms with van der Waals surface area (Å²) in [6, 6.07) is 3.79. The van der Waals surface area contributed by atoms with Gasteiger partial charge in [-0.2, -0.15) is 0 Å². The standard InChI is InChI=1S/C5H8O.C5H6O/c2*1-5-3-2-4-6-5/h3H,2,4H2,1H3;2-4H,1H3. The fourth-order valence-corrected chi connectivity index (χ4v) is 0.902. The molecule has 0 aliphatic carbocycles. The lowest BCUT2D eigenvalue weighted by Crippen LogP contribution is -1.76. The summed E-state index contributed by atoms with van der Waals surface area (Å²) in [5.74, 6) is 2.05. The van der Waals surface area contributed by atoms with Gasteiger partial charge in [0.25, 0.3) is 0 Å². The Bertz CT molecular complexity index is 234. The Morgan fingerprint density at radius 1 is 1.33 bits per heavy atom. The van der Waals surface area contributed by atoms with Crippen molar-refractivity contribution >= 4 is 0 Å². The van der Waals surface area contributed by atoms with Crippen molar-refractivity contribution in [2.75, 3.05) is 6.61 Å². The molecule has 2 heteroatoms. The molecule has 12 heavy (non-hydrogen) atoms. The molecule has 0 N–H and O–H groups in total. The van der Waals surface area contributed by atoms with Crippen molar-refractivity contribution in [3.8, 4) is 0 Å². The normalized spacial score (nSPS) is 14.3. The second kappa shape index (κ2) is 4.65. The predicted molar refractivity (Wildman–Crippen MR) is 47.8 cm³/mol. The summed E-state index contributed by atoms with van der Waals surface area (Å²) in [6.45, 7) is 4.79. The van der Waals surface area contributed by atoms with Crippen LogP contribution in [0.25, 0.3) is 0 Å². The highest BCUT2D eigenvalue weighted by atomic mass is 16.5. The Hall–Kier alpha value is -1.18. The molecule has 1 aromatic rings. The quantitative estimate of drug-likeness (QED) is 0.591. The Kier molecular flexibility index (Phi) is 3.45. The van der Waals surface area contributed by atoms with Crippen LogP contribution in [0.15, 0.2) is 34.6 Å². The van der Waals surface area contributed by atoms with Gasteiger partial charge in [0.1, 0.15) is 5.76 Å². The van der Waals surface area contributed by atoms with Gasteiger partial charge in [0, 0.05) is 6.42 Å². The number of aryl methyl sites for hydroxylation is 1. The number of hydrogen-bond acceptors (Lipinski definition) is 2. The third-order valence-electron chi connectivity index (χ3n) is 1.54. The van der Waals surface area contributed by atoms with Gasteiger partial charge < -0.3 is 9.15 Å². The molecule has 0 saturated heterocycles. The topological polar surface area (TPSA) is 22.4 Å². The molecule has 0 amide bonds. The lowest BCUT2D eigenvalue weighted by molar-refractivity contribution is 0.247. The van der Waals surface area contributed by atoms with E-state index < -0.39 is 0 Å².